The summed E-state index contributed by atoms with van der Waals surface area (Å²) in [6, 6.07) is 18.3. The van der Waals surface area contributed by atoms with Gasteiger partial charge in [-0.15, -0.1) is 0 Å². The number of hydrogen-bond donors (Lipinski definition) is 0. The first kappa shape index (κ1) is 25.7. The minimum Gasteiger partial charge on any atom is -0.490 e. The van der Waals surface area contributed by atoms with Gasteiger partial charge in [-0.2, -0.15) is 0 Å². The summed E-state index contributed by atoms with van der Waals surface area (Å²) in [6.07, 6.45) is 1.61. The Labute approximate surface area is 224 Å². The Hall–Kier alpha value is -3.34. The predicted octanol–water partition coefficient (Wildman–Crippen LogP) is 6.71. The van der Waals surface area contributed by atoms with Crippen molar-refractivity contribution in [3.8, 4) is 11.5 Å². The van der Waals surface area contributed by atoms with Gasteiger partial charge < -0.3 is 9.47 Å². The van der Waals surface area contributed by atoms with E-state index in [1.165, 1.54) is 12.1 Å². The van der Waals surface area contributed by atoms with E-state index in [4.69, 9.17) is 21.1 Å². The number of nitrogens with zero attached hydrogens (tertiary/aromatic N) is 2. The SMILES string of the molecule is O=C1S/C(=C\c2cc(Br)ccc2OCc2ccc([N+](=O)[O-])cc2)C(=O)N1CCOc1ccccc1Cl. The number of carbonyl (C=O) groups excluding carboxylic acids is 2. The van der Waals surface area contributed by atoms with Crippen molar-refractivity contribution in [2.24, 2.45) is 0 Å². The van der Waals surface area contributed by atoms with Gasteiger partial charge in [0.2, 0.25) is 0 Å². The van der Waals surface area contributed by atoms with E-state index in [1.54, 1.807) is 60.7 Å². The summed E-state index contributed by atoms with van der Waals surface area (Å²) in [4.78, 5) is 37.2. The summed E-state index contributed by atoms with van der Waals surface area (Å²) in [5.41, 5.74) is 1.34. The zero-order valence-electron chi connectivity index (χ0n) is 18.6. The van der Waals surface area contributed by atoms with Crippen LogP contribution in [0.5, 0.6) is 11.5 Å². The van der Waals surface area contributed by atoms with Gasteiger partial charge in [0.25, 0.3) is 16.8 Å². The van der Waals surface area contributed by atoms with Crippen LogP contribution in [0.4, 0.5) is 10.5 Å². The van der Waals surface area contributed by atoms with Crippen LogP contribution >= 0.6 is 39.3 Å². The molecule has 184 valence electrons. The molecule has 0 saturated carbocycles. The highest BCUT2D eigenvalue weighted by Gasteiger charge is 2.35. The molecule has 1 aliphatic rings. The van der Waals surface area contributed by atoms with Crippen LogP contribution in [0.1, 0.15) is 11.1 Å². The molecular formula is C25H18BrClN2O6S. The van der Waals surface area contributed by atoms with Crippen molar-refractivity contribution in [1.82, 2.24) is 4.90 Å². The molecule has 36 heavy (non-hydrogen) atoms. The maximum Gasteiger partial charge on any atom is 0.293 e. The van der Waals surface area contributed by atoms with Gasteiger partial charge >= 0.3 is 0 Å². The van der Waals surface area contributed by atoms with Crippen molar-refractivity contribution >= 4 is 62.2 Å². The number of non-ortho nitro benzene ring substituents is 1. The molecule has 0 N–H and O–H groups in total. The van der Waals surface area contributed by atoms with Crippen LogP contribution < -0.4 is 9.47 Å². The van der Waals surface area contributed by atoms with Crippen molar-refractivity contribution in [1.29, 1.82) is 0 Å². The van der Waals surface area contributed by atoms with E-state index < -0.39 is 16.1 Å². The molecule has 1 aliphatic heterocycles. The number of imide groups is 1. The van der Waals surface area contributed by atoms with Gasteiger partial charge in [0.05, 0.1) is 21.4 Å². The van der Waals surface area contributed by atoms with Crippen LogP contribution in [0.25, 0.3) is 6.08 Å². The summed E-state index contributed by atoms with van der Waals surface area (Å²) in [5, 5.41) is 10.9. The Kier molecular flexibility index (Phi) is 8.29. The fraction of sp³-hybridized carbons (Fsp3) is 0.120. The van der Waals surface area contributed by atoms with Gasteiger partial charge in [0.15, 0.2) is 0 Å². The molecule has 0 aromatic heterocycles. The lowest BCUT2D eigenvalue weighted by Gasteiger charge is -2.14. The zero-order valence-corrected chi connectivity index (χ0v) is 21.7. The van der Waals surface area contributed by atoms with Crippen LogP contribution in [0.15, 0.2) is 76.1 Å². The fourth-order valence-corrected chi connectivity index (χ4v) is 4.71. The van der Waals surface area contributed by atoms with Gasteiger partial charge in [-0.05, 0) is 65.9 Å². The molecule has 4 rings (SSSR count). The van der Waals surface area contributed by atoms with Gasteiger partial charge in [0.1, 0.15) is 24.7 Å². The van der Waals surface area contributed by atoms with Crippen LogP contribution in [0.2, 0.25) is 5.02 Å². The van der Waals surface area contributed by atoms with Gasteiger partial charge in [-0.3, -0.25) is 24.6 Å². The number of carbonyl (C=O) groups is 2. The highest BCUT2D eigenvalue weighted by Crippen LogP contribution is 2.35. The average Bonchev–Trinajstić information content (AvgIpc) is 3.12. The third-order valence-corrected chi connectivity index (χ3v) is 6.80. The lowest BCUT2D eigenvalue weighted by atomic mass is 10.1. The summed E-state index contributed by atoms with van der Waals surface area (Å²) in [5.74, 6) is 0.546. The lowest BCUT2D eigenvalue weighted by molar-refractivity contribution is -0.384. The highest BCUT2D eigenvalue weighted by molar-refractivity contribution is 9.10. The summed E-state index contributed by atoms with van der Waals surface area (Å²) < 4.78 is 12.3. The molecule has 0 atom stereocenters. The first-order chi connectivity index (χ1) is 17.3. The Morgan fingerprint density at radius 3 is 2.50 bits per heavy atom. The molecule has 0 bridgehead atoms. The third kappa shape index (κ3) is 6.26. The third-order valence-electron chi connectivity index (χ3n) is 5.08. The number of thioether (sulfide) groups is 1. The molecule has 8 nitrogen and oxygen atoms in total. The molecule has 3 aromatic carbocycles. The number of benzene rings is 3. The highest BCUT2D eigenvalue weighted by atomic mass is 79.9. The molecule has 0 radical (unpaired) electrons. The number of nitro benzene ring substituents is 1. The van der Waals surface area contributed by atoms with E-state index in [0.717, 1.165) is 26.7 Å². The number of nitro groups is 1. The minimum absolute atomic E-state index is 0.00364. The van der Waals surface area contributed by atoms with E-state index in [9.17, 15) is 19.7 Å². The number of hydrogen-bond acceptors (Lipinski definition) is 7. The standard InChI is InChI=1S/C25H18BrClN2O6S/c26-18-7-10-21(35-15-16-5-8-19(9-6-16)29(32)33)17(13-18)14-23-24(30)28(25(31)36-23)11-12-34-22-4-2-1-3-20(22)27/h1-10,13-14H,11-12,15H2/b23-14-. The van der Waals surface area contributed by atoms with Gasteiger partial charge in [-0.1, -0.05) is 39.7 Å². The predicted molar refractivity (Wildman–Crippen MR) is 141 cm³/mol. The molecule has 0 spiro atoms. The van der Waals surface area contributed by atoms with E-state index >= 15 is 0 Å². The van der Waals surface area contributed by atoms with Crippen LogP contribution in [-0.2, 0) is 11.4 Å². The maximum absolute atomic E-state index is 12.9. The Morgan fingerprint density at radius 1 is 1.03 bits per heavy atom. The molecule has 11 heteroatoms. The fourth-order valence-electron chi connectivity index (χ4n) is 3.28. The van der Waals surface area contributed by atoms with Crippen LogP contribution in [0.3, 0.4) is 0 Å². The number of rotatable bonds is 9. The smallest absolute Gasteiger partial charge is 0.293 e. The molecule has 1 saturated heterocycles. The van der Waals surface area contributed by atoms with Crippen LogP contribution in [-0.4, -0.2) is 34.1 Å². The Balaban J connectivity index is 1.44. The van der Waals surface area contributed by atoms with E-state index in [0.29, 0.717) is 22.1 Å². The normalized spacial score (nSPS) is 14.4. The maximum atomic E-state index is 12.9. The first-order valence-corrected chi connectivity index (χ1v) is 12.6. The molecule has 1 heterocycles. The number of ether oxygens (including phenoxy) is 2. The summed E-state index contributed by atoms with van der Waals surface area (Å²) >= 11 is 10.3. The van der Waals surface area contributed by atoms with Gasteiger partial charge in [0, 0.05) is 22.2 Å². The number of para-hydroxylation sites is 1. The largest absolute Gasteiger partial charge is 0.490 e. The van der Waals surface area contributed by atoms with Crippen molar-refractivity contribution in [2.45, 2.75) is 6.61 Å². The molecule has 0 unspecified atom stereocenters. The number of halogens is 2. The second kappa shape index (κ2) is 11.6. The van der Waals surface area contributed by atoms with E-state index in [2.05, 4.69) is 15.9 Å². The lowest BCUT2D eigenvalue weighted by Crippen LogP contribution is -2.32. The summed E-state index contributed by atoms with van der Waals surface area (Å²) in [7, 11) is 0. The van der Waals surface area contributed by atoms with Crippen LogP contribution in [0, 0.1) is 10.1 Å². The topological polar surface area (TPSA) is 99.0 Å². The summed E-state index contributed by atoms with van der Waals surface area (Å²) in [6.45, 7) is 0.353. The molecule has 0 aliphatic carbocycles. The monoisotopic (exact) mass is 588 g/mol. The Bertz CT molecular complexity index is 1350. The van der Waals surface area contributed by atoms with Crippen molar-refractivity contribution in [3.05, 3.63) is 102 Å². The molecule has 2 amide bonds. The number of amides is 2. The second-order valence-electron chi connectivity index (χ2n) is 7.51. The van der Waals surface area contributed by atoms with Crippen molar-refractivity contribution < 1.29 is 24.0 Å². The average molecular weight is 590 g/mol. The molecular weight excluding hydrogens is 572 g/mol. The second-order valence-corrected chi connectivity index (χ2v) is 9.82. The Morgan fingerprint density at radius 2 is 1.78 bits per heavy atom. The van der Waals surface area contributed by atoms with E-state index in [-0.39, 0.29) is 30.4 Å². The zero-order chi connectivity index (χ0) is 25.7. The van der Waals surface area contributed by atoms with Crippen molar-refractivity contribution in [2.75, 3.05) is 13.2 Å². The van der Waals surface area contributed by atoms with E-state index in [1.807, 2.05) is 0 Å². The van der Waals surface area contributed by atoms with Crippen molar-refractivity contribution in [3.63, 3.8) is 0 Å². The molecule has 3 aromatic rings. The quantitative estimate of drug-likeness (QED) is 0.155. The molecule has 1 fully saturated rings. The first-order valence-electron chi connectivity index (χ1n) is 10.6. The minimum atomic E-state index is -0.465. The van der Waals surface area contributed by atoms with Gasteiger partial charge in [-0.25, -0.2) is 0 Å².